The van der Waals surface area contributed by atoms with E-state index in [0.717, 1.165) is 32.7 Å². The summed E-state index contributed by atoms with van der Waals surface area (Å²) >= 11 is 0. The molecule has 0 unspecified atom stereocenters. The van der Waals surface area contributed by atoms with Crippen LogP contribution in [-0.2, 0) is 0 Å². The molecule has 0 spiro atoms. The van der Waals surface area contributed by atoms with Crippen LogP contribution < -0.4 is 0 Å². The lowest BCUT2D eigenvalue weighted by Gasteiger charge is -2.42. The van der Waals surface area contributed by atoms with Crippen molar-refractivity contribution in [3.8, 4) is 0 Å². The molecule has 1 rings (SSSR count). The van der Waals surface area contributed by atoms with Gasteiger partial charge in [-0.2, -0.15) is 0 Å². The highest BCUT2D eigenvalue weighted by atomic mass is 16.3. The van der Waals surface area contributed by atoms with Crippen molar-refractivity contribution in [2.24, 2.45) is 0 Å². The molecule has 3 nitrogen and oxygen atoms in total. The molecular weight excluding hydrogens is 176 g/mol. The Morgan fingerprint density at radius 2 is 1.64 bits per heavy atom. The lowest BCUT2D eigenvalue weighted by Crippen LogP contribution is -2.54. The molecule has 0 aromatic rings. The quantitative estimate of drug-likeness (QED) is 0.714. The Labute approximate surface area is 87.7 Å². The molecule has 0 radical (unpaired) electrons. The Morgan fingerprint density at radius 3 is 2.00 bits per heavy atom. The zero-order chi connectivity index (χ0) is 10.8. The predicted molar refractivity (Wildman–Crippen MR) is 59.4 cm³/mol. The third kappa shape index (κ3) is 3.56. The molecule has 0 aliphatic carbocycles. The van der Waals surface area contributed by atoms with Gasteiger partial charge in [-0.15, -0.1) is 0 Å². The van der Waals surface area contributed by atoms with Gasteiger partial charge in [0.25, 0.3) is 0 Å². The fraction of sp³-hybridized carbons (Fsp3) is 1.00. The molecule has 1 N–H and O–H groups in total. The Kier molecular flexibility index (Phi) is 3.93. The molecule has 84 valence electrons. The summed E-state index contributed by atoms with van der Waals surface area (Å²) in [6.45, 7) is 13.9. The topological polar surface area (TPSA) is 26.7 Å². The molecule has 0 saturated carbocycles. The van der Waals surface area contributed by atoms with Crippen LogP contribution in [0.1, 0.15) is 27.7 Å². The average molecular weight is 200 g/mol. The highest BCUT2D eigenvalue weighted by Crippen LogP contribution is 2.15. The normalized spacial score (nSPS) is 23.8. The second kappa shape index (κ2) is 4.60. The number of piperazine rings is 1. The van der Waals surface area contributed by atoms with E-state index in [1.165, 1.54) is 0 Å². The maximum Gasteiger partial charge on any atom is 0.0639 e. The van der Waals surface area contributed by atoms with Gasteiger partial charge in [-0.1, -0.05) is 0 Å². The van der Waals surface area contributed by atoms with Gasteiger partial charge in [-0.3, -0.25) is 9.80 Å². The van der Waals surface area contributed by atoms with Crippen LogP contribution >= 0.6 is 0 Å². The molecule has 1 heterocycles. The minimum absolute atomic E-state index is 0.198. The minimum Gasteiger partial charge on any atom is -0.392 e. The van der Waals surface area contributed by atoms with Crippen molar-refractivity contribution in [2.75, 3.05) is 32.7 Å². The maximum absolute atomic E-state index is 9.28. The maximum atomic E-state index is 9.28. The lowest BCUT2D eigenvalue weighted by atomic mass is 10.0. The SMILES string of the molecule is C[C@@H](O)CN1CCN(C(C)(C)C)CC1. The van der Waals surface area contributed by atoms with Gasteiger partial charge in [0, 0.05) is 38.3 Å². The van der Waals surface area contributed by atoms with Crippen LogP contribution in [0.4, 0.5) is 0 Å². The number of hydrogen-bond donors (Lipinski definition) is 1. The second-order valence-corrected chi connectivity index (χ2v) is 5.31. The first-order valence-electron chi connectivity index (χ1n) is 5.55. The first-order chi connectivity index (χ1) is 6.39. The molecule has 0 aromatic carbocycles. The number of aliphatic hydroxyl groups is 1. The summed E-state index contributed by atoms with van der Waals surface area (Å²) in [6.07, 6.45) is -0.198. The van der Waals surface area contributed by atoms with E-state index in [0.29, 0.717) is 0 Å². The molecule has 1 aliphatic heterocycles. The van der Waals surface area contributed by atoms with Crippen LogP contribution in [0.3, 0.4) is 0 Å². The summed E-state index contributed by atoms with van der Waals surface area (Å²) in [5.41, 5.74) is 0.289. The molecule has 1 atom stereocenters. The van der Waals surface area contributed by atoms with E-state index in [1.807, 2.05) is 6.92 Å². The van der Waals surface area contributed by atoms with Crippen LogP contribution in [0.5, 0.6) is 0 Å². The van der Waals surface area contributed by atoms with Gasteiger partial charge >= 0.3 is 0 Å². The van der Waals surface area contributed by atoms with Crippen LogP contribution in [0.15, 0.2) is 0 Å². The monoisotopic (exact) mass is 200 g/mol. The van der Waals surface area contributed by atoms with Gasteiger partial charge in [0.05, 0.1) is 6.10 Å². The third-order valence-electron chi connectivity index (χ3n) is 2.84. The third-order valence-corrected chi connectivity index (χ3v) is 2.84. The van der Waals surface area contributed by atoms with E-state index < -0.39 is 0 Å². The van der Waals surface area contributed by atoms with Crippen molar-refractivity contribution in [2.45, 2.75) is 39.3 Å². The minimum atomic E-state index is -0.198. The molecule has 14 heavy (non-hydrogen) atoms. The summed E-state index contributed by atoms with van der Waals surface area (Å²) in [4.78, 5) is 4.85. The van der Waals surface area contributed by atoms with Crippen LogP contribution in [0.2, 0.25) is 0 Å². The first kappa shape index (κ1) is 12.0. The summed E-state index contributed by atoms with van der Waals surface area (Å²) in [7, 11) is 0. The Morgan fingerprint density at radius 1 is 1.14 bits per heavy atom. The van der Waals surface area contributed by atoms with E-state index in [1.54, 1.807) is 0 Å². The molecular formula is C11H24N2O. The van der Waals surface area contributed by atoms with Crippen LogP contribution in [0, 0.1) is 0 Å². The highest BCUT2D eigenvalue weighted by molar-refractivity contribution is 4.82. The number of nitrogens with zero attached hydrogens (tertiary/aromatic N) is 2. The summed E-state index contributed by atoms with van der Waals surface area (Å²) in [5.74, 6) is 0. The summed E-state index contributed by atoms with van der Waals surface area (Å²) < 4.78 is 0. The molecule has 0 aromatic heterocycles. The number of hydrogen-bond acceptors (Lipinski definition) is 3. The largest absolute Gasteiger partial charge is 0.392 e. The smallest absolute Gasteiger partial charge is 0.0639 e. The van der Waals surface area contributed by atoms with Crippen molar-refractivity contribution in [3.63, 3.8) is 0 Å². The summed E-state index contributed by atoms with van der Waals surface area (Å²) in [6, 6.07) is 0. The van der Waals surface area contributed by atoms with Crippen molar-refractivity contribution in [3.05, 3.63) is 0 Å². The standard InChI is InChI=1S/C11H24N2O/c1-10(14)9-12-5-7-13(8-6-12)11(2,3)4/h10,14H,5-9H2,1-4H3/t10-/m1/s1. The molecule has 0 amide bonds. The Balaban J connectivity index is 2.31. The number of aliphatic hydroxyl groups excluding tert-OH is 1. The van der Waals surface area contributed by atoms with E-state index >= 15 is 0 Å². The van der Waals surface area contributed by atoms with Crippen LogP contribution in [-0.4, -0.2) is 59.3 Å². The highest BCUT2D eigenvalue weighted by Gasteiger charge is 2.25. The summed E-state index contributed by atoms with van der Waals surface area (Å²) in [5, 5.41) is 9.28. The van der Waals surface area contributed by atoms with Crippen molar-refractivity contribution < 1.29 is 5.11 Å². The zero-order valence-electron chi connectivity index (χ0n) is 9.95. The fourth-order valence-electron chi connectivity index (χ4n) is 1.97. The molecule has 1 saturated heterocycles. The molecule has 1 fully saturated rings. The average Bonchev–Trinajstić information content (AvgIpc) is 2.02. The first-order valence-corrected chi connectivity index (χ1v) is 5.55. The van der Waals surface area contributed by atoms with Crippen molar-refractivity contribution >= 4 is 0 Å². The van der Waals surface area contributed by atoms with Crippen molar-refractivity contribution in [1.82, 2.24) is 9.80 Å². The van der Waals surface area contributed by atoms with Crippen molar-refractivity contribution in [1.29, 1.82) is 0 Å². The van der Waals surface area contributed by atoms with Gasteiger partial charge in [0.2, 0.25) is 0 Å². The molecule has 3 heteroatoms. The fourth-order valence-corrected chi connectivity index (χ4v) is 1.97. The number of rotatable bonds is 2. The Bertz CT molecular complexity index is 167. The van der Waals surface area contributed by atoms with Crippen LogP contribution in [0.25, 0.3) is 0 Å². The van der Waals surface area contributed by atoms with Gasteiger partial charge in [-0.05, 0) is 27.7 Å². The predicted octanol–water partition coefficient (Wildman–Crippen LogP) is 0.783. The Hall–Kier alpha value is -0.120. The zero-order valence-corrected chi connectivity index (χ0v) is 9.95. The van der Waals surface area contributed by atoms with E-state index in [-0.39, 0.29) is 11.6 Å². The van der Waals surface area contributed by atoms with E-state index in [4.69, 9.17) is 0 Å². The molecule has 0 bridgehead atoms. The second-order valence-electron chi connectivity index (χ2n) is 5.31. The van der Waals surface area contributed by atoms with E-state index in [9.17, 15) is 5.11 Å². The van der Waals surface area contributed by atoms with Gasteiger partial charge in [-0.25, -0.2) is 0 Å². The van der Waals surface area contributed by atoms with E-state index in [2.05, 4.69) is 30.6 Å². The van der Waals surface area contributed by atoms with Gasteiger partial charge in [0.15, 0.2) is 0 Å². The molecule has 1 aliphatic rings. The number of β-amino-alcohol motifs (C(OH)–C–C–N with tert-alkyl or cyclic N) is 1. The van der Waals surface area contributed by atoms with Gasteiger partial charge in [0.1, 0.15) is 0 Å². The lowest BCUT2D eigenvalue weighted by molar-refractivity contribution is 0.0406. The van der Waals surface area contributed by atoms with Gasteiger partial charge < -0.3 is 5.11 Å².